The fourth-order valence-corrected chi connectivity index (χ4v) is 3.83. The molecule has 2 aromatic rings. The van der Waals surface area contributed by atoms with Crippen LogP contribution in [0.1, 0.15) is 53.8 Å². The average Bonchev–Trinajstić information content (AvgIpc) is 3.25. The van der Waals surface area contributed by atoms with Gasteiger partial charge in [0.05, 0.1) is 23.4 Å². The summed E-state index contributed by atoms with van der Waals surface area (Å²) in [6, 6.07) is 0. The lowest BCUT2D eigenvalue weighted by Gasteiger charge is -2.22. The summed E-state index contributed by atoms with van der Waals surface area (Å²) >= 11 is 1.64. The van der Waals surface area contributed by atoms with Crippen molar-refractivity contribution in [3.63, 3.8) is 0 Å². The predicted octanol–water partition coefficient (Wildman–Crippen LogP) is 2.13. The first-order valence-electron chi connectivity index (χ1n) is 8.83. The van der Waals surface area contributed by atoms with Crippen molar-refractivity contribution in [3.05, 3.63) is 28.0 Å². The highest BCUT2D eigenvalue weighted by Crippen LogP contribution is 2.20. The molecule has 1 unspecified atom stereocenters. The van der Waals surface area contributed by atoms with Crippen molar-refractivity contribution in [2.24, 2.45) is 5.92 Å². The number of carbonyl (C=O) groups excluding carboxylic acids is 1. The van der Waals surface area contributed by atoms with Crippen LogP contribution in [0.25, 0.3) is 0 Å². The number of amides is 1. The molecule has 0 aliphatic carbocycles. The Balaban J connectivity index is 1.58. The number of hydrogen-bond donors (Lipinski definition) is 1. The zero-order valence-electron chi connectivity index (χ0n) is 15.1. The van der Waals surface area contributed by atoms with Crippen LogP contribution < -0.4 is 5.32 Å². The second kappa shape index (κ2) is 8.05. The molecule has 3 rings (SSSR count). The smallest absolute Gasteiger partial charge is 0.276 e. The van der Waals surface area contributed by atoms with E-state index in [1.165, 1.54) is 12.8 Å². The van der Waals surface area contributed by atoms with Crippen molar-refractivity contribution in [3.8, 4) is 0 Å². The highest BCUT2D eigenvalue weighted by molar-refractivity contribution is 7.09. The summed E-state index contributed by atoms with van der Waals surface area (Å²) in [5, 5.41) is 14.7. The molecule has 0 radical (unpaired) electrons. The van der Waals surface area contributed by atoms with Gasteiger partial charge in [-0.25, -0.2) is 4.98 Å². The van der Waals surface area contributed by atoms with Crippen LogP contribution in [0.4, 0.5) is 0 Å². The molecule has 1 aliphatic rings. The Labute approximate surface area is 152 Å². The van der Waals surface area contributed by atoms with Crippen LogP contribution in [-0.2, 0) is 13.1 Å². The third kappa shape index (κ3) is 4.64. The van der Waals surface area contributed by atoms with Crippen molar-refractivity contribution in [1.82, 2.24) is 30.2 Å². The van der Waals surface area contributed by atoms with E-state index in [4.69, 9.17) is 0 Å². The van der Waals surface area contributed by atoms with E-state index in [2.05, 4.69) is 34.5 Å². The highest BCUT2D eigenvalue weighted by Gasteiger charge is 2.19. The monoisotopic (exact) mass is 362 g/mol. The first-order valence-corrected chi connectivity index (χ1v) is 9.71. The Hall–Kier alpha value is -1.80. The lowest BCUT2D eigenvalue weighted by Crippen LogP contribution is -2.32. The van der Waals surface area contributed by atoms with Crippen LogP contribution in [-0.4, -0.2) is 50.9 Å². The van der Waals surface area contributed by atoms with Gasteiger partial charge in [0.15, 0.2) is 5.69 Å². The van der Waals surface area contributed by atoms with Crippen LogP contribution in [0.5, 0.6) is 0 Å². The molecule has 8 heteroatoms. The largest absolute Gasteiger partial charge is 0.334 e. The molecule has 0 saturated carbocycles. The van der Waals surface area contributed by atoms with Crippen molar-refractivity contribution < 1.29 is 4.79 Å². The minimum Gasteiger partial charge on any atom is -0.334 e. The van der Waals surface area contributed by atoms with Crippen LogP contribution in [0.3, 0.4) is 0 Å². The van der Waals surface area contributed by atoms with Crippen molar-refractivity contribution in [2.45, 2.75) is 45.7 Å². The molecule has 1 atom stereocenters. The zero-order valence-corrected chi connectivity index (χ0v) is 15.9. The Morgan fingerprint density at radius 2 is 2.36 bits per heavy atom. The van der Waals surface area contributed by atoms with Gasteiger partial charge in [-0.05, 0) is 31.8 Å². The van der Waals surface area contributed by atoms with Gasteiger partial charge in [-0.1, -0.05) is 19.1 Å². The molecular weight excluding hydrogens is 336 g/mol. The standard InChI is InChI=1S/C17H26N6OS/c1-12(2)16-19-14(11-25-16)9-22(3)17(24)15-10-23(21-20-15)8-13-5-4-6-18-7-13/h10-13,18H,4-9H2,1-3H3. The lowest BCUT2D eigenvalue weighted by molar-refractivity contribution is 0.0777. The molecule has 0 aromatic carbocycles. The lowest BCUT2D eigenvalue weighted by atomic mass is 10.00. The van der Waals surface area contributed by atoms with Crippen LogP contribution in [0.2, 0.25) is 0 Å². The van der Waals surface area contributed by atoms with E-state index < -0.39 is 0 Å². The van der Waals surface area contributed by atoms with Gasteiger partial charge in [-0.2, -0.15) is 0 Å². The Morgan fingerprint density at radius 3 is 3.04 bits per heavy atom. The minimum atomic E-state index is -0.118. The molecule has 136 valence electrons. The van der Waals surface area contributed by atoms with E-state index >= 15 is 0 Å². The second-order valence-corrected chi connectivity index (χ2v) is 7.92. The van der Waals surface area contributed by atoms with E-state index in [1.807, 2.05) is 5.38 Å². The Bertz CT molecular complexity index is 704. The van der Waals surface area contributed by atoms with Crippen molar-refractivity contribution in [1.29, 1.82) is 0 Å². The van der Waals surface area contributed by atoms with Crippen molar-refractivity contribution >= 4 is 17.2 Å². The number of rotatable bonds is 6. The third-order valence-corrected chi connectivity index (χ3v) is 5.61. The molecular formula is C17H26N6OS. The maximum Gasteiger partial charge on any atom is 0.276 e. The first kappa shape index (κ1) is 18.0. The van der Waals surface area contributed by atoms with Gasteiger partial charge in [-0.3, -0.25) is 9.48 Å². The Kier molecular flexibility index (Phi) is 5.80. The van der Waals surface area contributed by atoms with Gasteiger partial charge in [-0.15, -0.1) is 16.4 Å². The number of piperidine rings is 1. The molecule has 1 saturated heterocycles. The molecule has 1 N–H and O–H groups in total. The number of nitrogens with one attached hydrogen (secondary N) is 1. The number of thiazole rings is 1. The highest BCUT2D eigenvalue weighted by atomic mass is 32.1. The average molecular weight is 363 g/mol. The van der Waals surface area contributed by atoms with E-state index in [1.54, 1.807) is 34.2 Å². The molecule has 3 heterocycles. The van der Waals surface area contributed by atoms with Crippen LogP contribution in [0, 0.1) is 5.92 Å². The summed E-state index contributed by atoms with van der Waals surface area (Å²) in [6.45, 7) is 7.64. The fourth-order valence-electron chi connectivity index (χ4n) is 3.00. The molecule has 25 heavy (non-hydrogen) atoms. The number of carbonyl (C=O) groups is 1. The molecule has 0 spiro atoms. The summed E-state index contributed by atoms with van der Waals surface area (Å²) in [5.74, 6) is 0.849. The molecule has 1 amide bonds. The van der Waals surface area contributed by atoms with Crippen molar-refractivity contribution in [2.75, 3.05) is 20.1 Å². The minimum absolute atomic E-state index is 0.118. The number of hydrogen-bond acceptors (Lipinski definition) is 6. The fraction of sp³-hybridized carbons (Fsp3) is 0.647. The SMILES string of the molecule is CC(C)c1nc(CN(C)C(=O)c2cn(CC3CCCNC3)nn2)cs1. The van der Waals surface area contributed by atoms with Gasteiger partial charge >= 0.3 is 0 Å². The summed E-state index contributed by atoms with van der Waals surface area (Å²) in [6.07, 6.45) is 4.14. The topological polar surface area (TPSA) is 75.9 Å². The van der Waals surface area contributed by atoms with E-state index in [-0.39, 0.29) is 5.91 Å². The molecule has 1 fully saturated rings. The van der Waals surface area contributed by atoms with E-state index in [0.29, 0.717) is 24.1 Å². The van der Waals surface area contributed by atoms with Crippen LogP contribution >= 0.6 is 11.3 Å². The first-order chi connectivity index (χ1) is 12.0. The molecule has 2 aromatic heterocycles. The summed E-state index contributed by atoms with van der Waals surface area (Å²) in [5.41, 5.74) is 1.32. The van der Waals surface area contributed by atoms with Crippen LogP contribution in [0.15, 0.2) is 11.6 Å². The maximum absolute atomic E-state index is 12.6. The maximum atomic E-state index is 12.6. The molecule has 0 bridgehead atoms. The van der Waals surface area contributed by atoms with E-state index in [0.717, 1.165) is 30.3 Å². The molecule has 1 aliphatic heterocycles. The number of nitrogens with zero attached hydrogens (tertiary/aromatic N) is 5. The van der Waals surface area contributed by atoms with Gasteiger partial charge in [0.25, 0.3) is 5.91 Å². The quantitative estimate of drug-likeness (QED) is 0.852. The second-order valence-electron chi connectivity index (χ2n) is 7.03. The zero-order chi connectivity index (χ0) is 17.8. The van der Waals surface area contributed by atoms with Gasteiger partial charge in [0.1, 0.15) is 0 Å². The normalized spacial score (nSPS) is 17.8. The molecule has 7 nitrogen and oxygen atoms in total. The predicted molar refractivity (Wildman–Crippen MR) is 97.6 cm³/mol. The summed E-state index contributed by atoms with van der Waals surface area (Å²) in [4.78, 5) is 18.8. The Morgan fingerprint density at radius 1 is 1.52 bits per heavy atom. The summed E-state index contributed by atoms with van der Waals surface area (Å²) in [7, 11) is 1.78. The van der Waals surface area contributed by atoms with Gasteiger partial charge < -0.3 is 10.2 Å². The van der Waals surface area contributed by atoms with E-state index in [9.17, 15) is 4.79 Å². The summed E-state index contributed by atoms with van der Waals surface area (Å²) < 4.78 is 1.79. The third-order valence-electron chi connectivity index (χ3n) is 4.41. The van der Waals surface area contributed by atoms with Gasteiger partial charge in [0, 0.05) is 24.9 Å². The van der Waals surface area contributed by atoms with Gasteiger partial charge in [0.2, 0.25) is 0 Å². The number of aromatic nitrogens is 4.